The maximum atomic E-state index is 12.1. The molecule has 0 bridgehead atoms. The molecule has 3 amide bonds. The van der Waals surface area contributed by atoms with Crippen LogP contribution in [0.4, 0.5) is 23.7 Å². The second-order valence-corrected chi connectivity index (χ2v) is 6.94. The van der Waals surface area contributed by atoms with Crippen molar-refractivity contribution in [3.05, 3.63) is 30.5 Å². The zero-order valence-electron chi connectivity index (χ0n) is 16.3. The molecule has 11 heteroatoms. The van der Waals surface area contributed by atoms with Crippen molar-refractivity contribution < 1.29 is 27.5 Å². The molecule has 3 N–H and O–H groups in total. The van der Waals surface area contributed by atoms with E-state index in [9.17, 15) is 22.8 Å². The van der Waals surface area contributed by atoms with Crippen LogP contribution in [0, 0.1) is 0 Å². The third kappa shape index (κ3) is 6.63. The lowest BCUT2D eigenvalue weighted by molar-refractivity contribution is -0.137. The van der Waals surface area contributed by atoms with E-state index in [0.717, 1.165) is 50.3 Å². The predicted octanol–water partition coefficient (Wildman–Crippen LogP) is 1.77. The van der Waals surface area contributed by atoms with Crippen LogP contribution in [0.15, 0.2) is 30.5 Å². The first-order chi connectivity index (χ1) is 14.3. The number of nitrogens with zero attached hydrogens (tertiary/aromatic N) is 2. The molecule has 0 unspecified atom stereocenters. The average Bonchev–Trinajstić information content (AvgIpc) is 3.11. The third-order valence-electron chi connectivity index (χ3n) is 4.69. The van der Waals surface area contributed by atoms with Gasteiger partial charge in [0, 0.05) is 49.0 Å². The molecule has 1 saturated heterocycles. The van der Waals surface area contributed by atoms with Gasteiger partial charge >= 0.3 is 12.2 Å². The van der Waals surface area contributed by atoms with Gasteiger partial charge in [0.2, 0.25) is 5.91 Å². The number of urea groups is 1. The highest BCUT2D eigenvalue weighted by molar-refractivity contribution is 5.94. The number of morpholine rings is 1. The zero-order chi connectivity index (χ0) is 21.6. The van der Waals surface area contributed by atoms with Crippen LogP contribution in [0.3, 0.4) is 0 Å². The van der Waals surface area contributed by atoms with E-state index in [1.54, 1.807) is 17.4 Å². The van der Waals surface area contributed by atoms with Crippen LogP contribution in [0.5, 0.6) is 0 Å². The first-order valence-electron chi connectivity index (χ1n) is 9.57. The van der Waals surface area contributed by atoms with Crippen LogP contribution in [0.1, 0.15) is 0 Å². The van der Waals surface area contributed by atoms with Crippen molar-refractivity contribution in [3.8, 4) is 0 Å². The molecule has 0 radical (unpaired) electrons. The molecular formula is C19H24F3N5O3. The Labute approximate surface area is 171 Å². The molecule has 0 aliphatic carbocycles. The van der Waals surface area contributed by atoms with Gasteiger partial charge < -0.3 is 25.3 Å². The number of rotatable bonds is 7. The molecule has 0 atom stereocenters. The average molecular weight is 427 g/mol. The molecular weight excluding hydrogens is 403 g/mol. The van der Waals surface area contributed by atoms with Crippen LogP contribution >= 0.6 is 0 Å². The van der Waals surface area contributed by atoms with Crippen LogP contribution in [0.2, 0.25) is 0 Å². The van der Waals surface area contributed by atoms with Gasteiger partial charge in [-0.1, -0.05) is 0 Å². The monoisotopic (exact) mass is 427 g/mol. The SMILES string of the molecule is O=C(CNC(=O)Nc1ccc2c(ccn2CCN2CCOCC2)c1)NCC(F)(F)F. The normalized spacial score (nSPS) is 15.2. The summed E-state index contributed by atoms with van der Waals surface area (Å²) in [6, 6.07) is 6.69. The third-order valence-corrected chi connectivity index (χ3v) is 4.69. The highest BCUT2D eigenvalue weighted by atomic mass is 19.4. The van der Waals surface area contributed by atoms with E-state index in [2.05, 4.69) is 20.1 Å². The van der Waals surface area contributed by atoms with Crippen molar-refractivity contribution in [1.29, 1.82) is 0 Å². The summed E-state index contributed by atoms with van der Waals surface area (Å²) in [5, 5.41) is 7.42. The molecule has 1 aliphatic rings. The van der Waals surface area contributed by atoms with E-state index < -0.39 is 31.2 Å². The van der Waals surface area contributed by atoms with E-state index in [1.807, 2.05) is 18.3 Å². The summed E-state index contributed by atoms with van der Waals surface area (Å²) >= 11 is 0. The minimum atomic E-state index is -4.49. The number of carbonyl (C=O) groups excluding carboxylic acids is 2. The second kappa shape index (κ2) is 9.81. The first kappa shape index (κ1) is 21.9. The van der Waals surface area contributed by atoms with Crippen molar-refractivity contribution in [2.75, 3.05) is 51.3 Å². The standard InChI is InChI=1S/C19H24F3N5O3/c20-19(21,22)13-24-17(28)12-23-18(29)25-15-1-2-16-14(11-15)3-4-27(16)6-5-26-7-9-30-10-8-26/h1-4,11H,5-10,12-13H2,(H,24,28)(H2,23,25,29). The lowest BCUT2D eigenvalue weighted by atomic mass is 10.2. The Kier molecular flexibility index (Phi) is 7.16. The number of halogens is 3. The van der Waals surface area contributed by atoms with Crippen molar-refractivity contribution in [1.82, 2.24) is 20.1 Å². The predicted molar refractivity (Wildman–Crippen MR) is 105 cm³/mol. The fraction of sp³-hybridized carbons (Fsp3) is 0.474. The van der Waals surface area contributed by atoms with E-state index >= 15 is 0 Å². The quantitative estimate of drug-likeness (QED) is 0.629. The second-order valence-electron chi connectivity index (χ2n) is 6.94. The van der Waals surface area contributed by atoms with E-state index in [4.69, 9.17) is 4.74 Å². The van der Waals surface area contributed by atoms with Gasteiger partial charge in [-0.15, -0.1) is 0 Å². The maximum Gasteiger partial charge on any atom is 0.405 e. The van der Waals surface area contributed by atoms with E-state index in [1.165, 1.54) is 0 Å². The Balaban J connectivity index is 1.48. The molecule has 1 aliphatic heterocycles. The molecule has 2 heterocycles. The molecule has 8 nitrogen and oxygen atoms in total. The van der Waals surface area contributed by atoms with Gasteiger partial charge in [0.25, 0.3) is 0 Å². The van der Waals surface area contributed by atoms with Gasteiger partial charge in [-0.2, -0.15) is 13.2 Å². The Morgan fingerprint density at radius 3 is 2.57 bits per heavy atom. The minimum absolute atomic E-state index is 0.515. The number of fused-ring (bicyclic) bond motifs is 1. The zero-order valence-corrected chi connectivity index (χ0v) is 16.3. The number of amides is 3. The smallest absolute Gasteiger partial charge is 0.379 e. The number of anilines is 1. The lowest BCUT2D eigenvalue weighted by Crippen LogP contribution is -2.42. The van der Waals surface area contributed by atoms with Crippen LogP contribution in [0.25, 0.3) is 10.9 Å². The molecule has 1 fully saturated rings. The number of hydrogen-bond donors (Lipinski definition) is 3. The summed E-state index contributed by atoms with van der Waals surface area (Å²) < 4.78 is 43.6. The van der Waals surface area contributed by atoms with Crippen molar-refractivity contribution in [2.45, 2.75) is 12.7 Å². The largest absolute Gasteiger partial charge is 0.405 e. The van der Waals surface area contributed by atoms with Gasteiger partial charge in [-0.05, 0) is 24.3 Å². The molecule has 2 aromatic rings. The van der Waals surface area contributed by atoms with Gasteiger partial charge in [-0.3, -0.25) is 9.69 Å². The molecule has 30 heavy (non-hydrogen) atoms. The summed E-state index contributed by atoms with van der Waals surface area (Å²) in [5.41, 5.74) is 1.54. The van der Waals surface area contributed by atoms with E-state index in [-0.39, 0.29) is 0 Å². The topological polar surface area (TPSA) is 87.6 Å². The Morgan fingerprint density at radius 2 is 1.83 bits per heavy atom. The highest BCUT2D eigenvalue weighted by Crippen LogP contribution is 2.20. The number of ether oxygens (including phenoxy) is 1. The van der Waals surface area contributed by atoms with Gasteiger partial charge in [0.15, 0.2) is 0 Å². The molecule has 164 valence electrons. The number of benzene rings is 1. The maximum absolute atomic E-state index is 12.1. The van der Waals surface area contributed by atoms with Crippen molar-refractivity contribution in [3.63, 3.8) is 0 Å². The number of hydrogen-bond acceptors (Lipinski definition) is 4. The van der Waals surface area contributed by atoms with Crippen LogP contribution < -0.4 is 16.0 Å². The Morgan fingerprint density at radius 1 is 1.07 bits per heavy atom. The summed E-state index contributed by atoms with van der Waals surface area (Å²) in [7, 11) is 0. The molecule has 3 rings (SSSR count). The van der Waals surface area contributed by atoms with Crippen LogP contribution in [-0.2, 0) is 16.1 Å². The van der Waals surface area contributed by atoms with Crippen LogP contribution in [-0.4, -0.2) is 73.5 Å². The molecule has 0 spiro atoms. The summed E-state index contributed by atoms with van der Waals surface area (Å²) in [6.07, 6.45) is -2.51. The number of aromatic nitrogens is 1. The first-order valence-corrected chi connectivity index (χ1v) is 9.57. The minimum Gasteiger partial charge on any atom is -0.379 e. The van der Waals surface area contributed by atoms with Crippen molar-refractivity contribution in [2.24, 2.45) is 0 Å². The fourth-order valence-corrected chi connectivity index (χ4v) is 3.14. The summed E-state index contributed by atoms with van der Waals surface area (Å²) in [5.74, 6) is -0.921. The molecule has 1 aromatic heterocycles. The molecule has 0 saturated carbocycles. The van der Waals surface area contributed by atoms with E-state index in [0.29, 0.717) is 5.69 Å². The molecule has 1 aromatic carbocycles. The van der Waals surface area contributed by atoms with Gasteiger partial charge in [0.1, 0.15) is 6.54 Å². The Bertz CT molecular complexity index is 878. The summed E-state index contributed by atoms with van der Waals surface area (Å²) in [4.78, 5) is 25.6. The lowest BCUT2D eigenvalue weighted by Gasteiger charge is -2.26. The van der Waals surface area contributed by atoms with Gasteiger partial charge in [-0.25, -0.2) is 4.79 Å². The fourth-order valence-electron chi connectivity index (χ4n) is 3.14. The number of alkyl halides is 3. The Hall–Kier alpha value is -2.79. The number of carbonyl (C=O) groups is 2. The highest BCUT2D eigenvalue weighted by Gasteiger charge is 2.27. The summed E-state index contributed by atoms with van der Waals surface area (Å²) in [6.45, 7) is 3.14. The van der Waals surface area contributed by atoms with Gasteiger partial charge in [0.05, 0.1) is 19.8 Å². The number of nitrogens with one attached hydrogen (secondary N) is 3. The van der Waals surface area contributed by atoms with Crippen molar-refractivity contribution >= 4 is 28.5 Å².